The number of hydrogen-bond donors (Lipinski definition) is 0. The van der Waals surface area contributed by atoms with Crippen LogP contribution >= 0.6 is 0 Å². The lowest BCUT2D eigenvalue weighted by Gasteiger charge is -2.05. The van der Waals surface area contributed by atoms with E-state index in [0.29, 0.717) is 0 Å². The maximum atomic E-state index is 3.16. The van der Waals surface area contributed by atoms with Crippen molar-refractivity contribution in [1.82, 2.24) is 0 Å². The minimum Gasteiger partial charge on any atom is -0.0701 e. The van der Waals surface area contributed by atoms with Gasteiger partial charge in [0.2, 0.25) is 0 Å². The monoisotopic (exact) mass is 151 g/mol. The standard InChI is InChI=1S/C11H19/c1-6-8-10(4)11(5)9(3)7-2/h6,8H2,1-5H3. The molecule has 0 aliphatic rings. The summed E-state index contributed by atoms with van der Waals surface area (Å²) < 4.78 is 0. The van der Waals surface area contributed by atoms with E-state index in [1.54, 1.807) is 0 Å². The summed E-state index contributed by atoms with van der Waals surface area (Å²) in [5.41, 5.74) is 4.20. The lowest BCUT2D eigenvalue weighted by Crippen LogP contribution is -1.86. The first-order chi connectivity index (χ1) is 5.13. The van der Waals surface area contributed by atoms with E-state index in [2.05, 4.69) is 33.8 Å². The van der Waals surface area contributed by atoms with Crippen molar-refractivity contribution in [1.29, 1.82) is 0 Å². The molecule has 0 atom stereocenters. The Bertz CT molecular complexity index is 170. The summed E-state index contributed by atoms with van der Waals surface area (Å²) >= 11 is 0. The van der Waals surface area contributed by atoms with E-state index in [9.17, 15) is 0 Å². The zero-order valence-corrected chi connectivity index (χ0v) is 8.41. The van der Waals surface area contributed by atoms with Crippen LogP contribution in [0.1, 0.15) is 47.5 Å². The Kier molecular flexibility index (Phi) is 4.93. The molecular weight excluding hydrogens is 132 g/mol. The molecule has 0 aliphatic heterocycles. The van der Waals surface area contributed by atoms with E-state index < -0.39 is 0 Å². The van der Waals surface area contributed by atoms with E-state index in [4.69, 9.17) is 0 Å². The molecule has 63 valence electrons. The third-order valence-electron chi connectivity index (χ3n) is 2.20. The molecule has 1 radical (unpaired) electrons. The van der Waals surface area contributed by atoms with Crippen molar-refractivity contribution in [2.24, 2.45) is 0 Å². The molecule has 0 unspecified atom stereocenters. The highest BCUT2D eigenvalue weighted by Gasteiger charge is 1.96. The Morgan fingerprint density at radius 3 is 2.09 bits per heavy atom. The third kappa shape index (κ3) is 3.41. The van der Waals surface area contributed by atoms with Crippen LogP contribution in [0.4, 0.5) is 0 Å². The van der Waals surface area contributed by atoms with Crippen molar-refractivity contribution < 1.29 is 0 Å². The van der Waals surface area contributed by atoms with Crippen LogP contribution in [0.25, 0.3) is 0 Å². The molecule has 0 rings (SSSR count). The van der Waals surface area contributed by atoms with Crippen LogP contribution in [0.5, 0.6) is 0 Å². The minimum atomic E-state index is 1.21. The molecule has 0 nitrogen and oxygen atoms in total. The van der Waals surface area contributed by atoms with Gasteiger partial charge in [-0.1, -0.05) is 18.9 Å². The molecule has 0 aromatic rings. The van der Waals surface area contributed by atoms with Crippen molar-refractivity contribution in [3.8, 4) is 0 Å². The van der Waals surface area contributed by atoms with Crippen molar-refractivity contribution in [2.75, 3.05) is 0 Å². The quantitative estimate of drug-likeness (QED) is 0.537. The second kappa shape index (κ2) is 5.17. The van der Waals surface area contributed by atoms with Crippen molar-refractivity contribution in [3.05, 3.63) is 22.8 Å². The van der Waals surface area contributed by atoms with Crippen LogP contribution in [0, 0.1) is 6.08 Å². The third-order valence-corrected chi connectivity index (χ3v) is 2.20. The molecule has 0 N–H and O–H groups in total. The molecule has 0 bridgehead atoms. The van der Waals surface area contributed by atoms with Gasteiger partial charge >= 0.3 is 0 Å². The Labute approximate surface area is 71.0 Å². The van der Waals surface area contributed by atoms with Gasteiger partial charge in [-0.25, -0.2) is 0 Å². The van der Waals surface area contributed by atoms with Crippen LogP contribution in [0.3, 0.4) is 0 Å². The van der Waals surface area contributed by atoms with Gasteiger partial charge in [0.15, 0.2) is 0 Å². The fraction of sp³-hybridized carbons (Fsp3) is 0.636. The van der Waals surface area contributed by atoms with Crippen molar-refractivity contribution in [2.45, 2.75) is 47.5 Å². The van der Waals surface area contributed by atoms with Gasteiger partial charge in [-0.15, -0.1) is 0 Å². The normalized spacial score (nSPS) is 14.8. The summed E-state index contributed by atoms with van der Waals surface area (Å²) in [7, 11) is 0. The molecule has 0 fully saturated rings. The van der Waals surface area contributed by atoms with E-state index in [0.717, 1.165) is 0 Å². The van der Waals surface area contributed by atoms with Gasteiger partial charge in [-0.2, -0.15) is 0 Å². The Hall–Kier alpha value is -0.520. The second-order valence-electron chi connectivity index (χ2n) is 3.03. The number of hydrogen-bond acceptors (Lipinski definition) is 0. The highest BCUT2D eigenvalue weighted by molar-refractivity contribution is 5.29. The summed E-state index contributed by atoms with van der Waals surface area (Å²) in [5.74, 6) is 0. The van der Waals surface area contributed by atoms with Crippen LogP contribution in [0.2, 0.25) is 0 Å². The number of allylic oxidation sites excluding steroid dienone is 4. The van der Waals surface area contributed by atoms with Gasteiger partial charge in [0.1, 0.15) is 0 Å². The molecule has 0 aromatic carbocycles. The van der Waals surface area contributed by atoms with Crippen LogP contribution in [-0.2, 0) is 0 Å². The molecule has 0 aliphatic carbocycles. The fourth-order valence-electron chi connectivity index (χ4n) is 1.07. The summed E-state index contributed by atoms with van der Waals surface area (Å²) in [6.45, 7) is 10.7. The summed E-state index contributed by atoms with van der Waals surface area (Å²) in [4.78, 5) is 0. The molecule has 0 aromatic heterocycles. The Morgan fingerprint density at radius 1 is 1.18 bits per heavy atom. The van der Waals surface area contributed by atoms with Crippen LogP contribution in [0.15, 0.2) is 16.7 Å². The smallest absolute Gasteiger partial charge is 0.0320 e. The van der Waals surface area contributed by atoms with E-state index in [1.807, 2.05) is 6.92 Å². The topological polar surface area (TPSA) is 0 Å². The van der Waals surface area contributed by atoms with Crippen LogP contribution < -0.4 is 0 Å². The summed E-state index contributed by atoms with van der Waals surface area (Å²) in [6.07, 6.45) is 5.61. The van der Waals surface area contributed by atoms with Crippen molar-refractivity contribution in [3.63, 3.8) is 0 Å². The fourth-order valence-corrected chi connectivity index (χ4v) is 1.07. The zero-order valence-electron chi connectivity index (χ0n) is 8.41. The predicted molar refractivity (Wildman–Crippen MR) is 51.4 cm³/mol. The lowest BCUT2D eigenvalue weighted by atomic mass is 10.0. The highest BCUT2D eigenvalue weighted by atomic mass is 14.0. The first kappa shape index (κ1) is 10.5. The van der Waals surface area contributed by atoms with Gasteiger partial charge in [0, 0.05) is 0 Å². The number of rotatable bonds is 3. The first-order valence-corrected chi connectivity index (χ1v) is 4.31. The molecular formula is C11H19. The lowest BCUT2D eigenvalue weighted by molar-refractivity contribution is 0.891. The average Bonchev–Trinajstić information content (AvgIpc) is 2.02. The highest BCUT2D eigenvalue weighted by Crippen LogP contribution is 2.16. The molecule has 0 heteroatoms. The predicted octanol–water partition coefficient (Wildman–Crippen LogP) is 3.89. The molecule has 0 spiro atoms. The minimum absolute atomic E-state index is 1.21. The maximum absolute atomic E-state index is 3.16. The van der Waals surface area contributed by atoms with Gasteiger partial charge in [0.25, 0.3) is 0 Å². The van der Waals surface area contributed by atoms with E-state index >= 15 is 0 Å². The first-order valence-electron chi connectivity index (χ1n) is 4.31. The molecule has 0 amide bonds. The van der Waals surface area contributed by atoms with Crippen LogP contribution in [-0.4, -0.2) is 0 Å². The Morgan fingerprint density at radius 2 is 1.73 bits per heavy atom. The van der Waals surface area contributed by atoms with Gasteiger partial charge in [-0.05, 0) is 51.3 Å². The summed E-state index contributed by atoms with van der Waals surface area (Å²) in [6, 6.07) is 0. The SMILES string of the molecule is C/[C]=C(\C)C(C)=C(C)CCC. The second-order valence-corrected chi connectivity index (χ2v) is 3.03. The van der Waals surface area contributed by atoms with E-state index in [1.165, 1.54) is 29.6 Å². The maximum Gasteiger partial charge on any atom is -0.0320 e. The van der Waals surface area contributed by atoms with E-state index in [-0.39, 0.29) is 0 Å². The summed E-state index contributed by atoms with van der Waals surface area (Å²) in [5, 5.41) is 0. The molecule has 0 heterocycles. The molecule has 0 saturated heterocycles. The average molecular weight is 151 g/mol. The Balaban J connectivity index is 4.39. The van der Waals surface area contributed by atoms with Crippen molar-refractivity contribution >= 4 is 0 Å². The van der Waals surface area contributed by atoms with Gasteiger partial charge < -0.3 is 0 Å². The molecule has 11 heavy (non-hydrogen) atoms. The molecule has 0 saturated carbocycles. The van der Waals surface area contributed by atoms with Gasteiger partial charge in [0.05, 0.1) is 0 Å². The zero-order chi connectivity index (χ0) is 8.85. The largest absolute Gasteiger partial charge is 0.0701 e. The van der Waals surface area contributed by atoms with Gasteiger partial charge in [-0.3, -0.25) is 0 Å².